The number of nitrogens with two attached hydrogens (primary N) is 1. The zero-order chi connectivity index (χ0) is 14.5. The van der Waals surface area contributed by atoms with Crippen LogP contribution in [0.1, 0.15) is 17.2 Å². The van der Waals surface area contributed by atoms with Gasteiger partial charge in [-0.1, -0.05) is 29.3 Å². The van der Waals surface area contributed by atoms with E-state index in [0.29, 0.717) is 16.3 Å². The van der Waals surface area contributed by atoms with Gasteiger partial charge >= 0.3 is 0 Å². The van der Waals surface area contributed by atoms with Crippen LogP contribution in [0.2, 0.25) is 5.02 Å². The second-order valence-electron chi connectivity index (χ2n) is 4.51. The third kappa shape index (κ3) is 3.96. The van der Waals surface area contributed by atoms with Gasteiger partial charge in [-0.25, -0.2) is 4.39 Å². The smallest absolute Gasteiger partial charge is 0.123 e. The number of thioether (sulfide) groups is 1. The Labute approximate surface area is 127 Å². The maximum Gasteiger partial charge on any atom is 0.123 e. The van der Waals surface area contributed by atoms with Crippen molar-refractivity contribution < 1.29 is 4.39 Å². The van der Waals surface area contributed by atoms with Gasteiger partial charge in [0.1, 0.15) is 5.82 Å². The van der Waals surface area contributed by atoms with Crippen molar-refractivity contribution in [3.05, 3.63) is 64.4 Å². The number of hydrogen-bond acceptors (Lipinski definition) is 3. The molecule has 0 saturated heterocycles. The van der Waals surface area contributed by atoms with Crippen LogP contribution in [0.5, 0.6) is 0 Å². The van der Waals surface area contributed by atoms with Crippen molar-refractivity contribution in [3.8, 4) is 0 Å². The minimum atomic E-state index is -0.315. The minimum absolute atomic E-state index is 0.204. The molecule has 0 aliphatic rings. The Morgan fingerprint density at radius 3 is 2.60 bits per heavy atom. The van der Waals surface area contributed by atoms with Crippen LogP contribution < -0.4 is 11.3 Å². The van der Waals surface area contributed by atoms with Crippen LogP contribution in [0.15, 0.2) is 47.4 Å². The van der Waals surface area contributed by atoms with E-state index in [9.17, 15) is 4.39 Å². The highest BCUT2D eigenvalue weighted by Crippen LogP contribution is 2.29. The van der Waals surface area contributed by atoms with Crippen LogP contribution in [-0.2, 0) is 0 Å². The average Bonchev–Trinajstić information content (AvgIpc) is 2.45. The quantitative estimate of drug-likeness (QED) is 0.496. The van der Waals surface area contributed by atoms with Gasteiger partial charge in [-0.15, -0.1) is 11.8 Å². The molecule has 0 fully saturated rings. The number of nitrogens with one attached hydrogen (secondary N) is 1. The SMILES string of the molecule is Cc1ccc(SCC(NN)c2cc(F)ccc2Cl)cc1. The summed E-state index contributed by atoms with van der Waals surface area (Å²) in [6, 6.07) is 12.3. The van der Waals surface area contributed by atoms with Crippen molar-refractivity contribution in [2.45, 2.75) is 17.9 Å². The third-order valence-corrected chi connectivity index (χ3v) is 4.42. The van der Waals surface area contributed by atoms with Crippen molar-refractivity contribution in [2.75, 3.05) is 5.75 Å². The van der Waals surface area contributed by atoms with Gasteiger partial charge in [-0.2, -0.15) is 0 Å². The fraction of sp³-hybridized carbons (Fsp3) is 0.200. The zero-order valence-electron chi connectivity index (χ0n) is 11.1. The molecule has 2 rings (SSSR count). The number of aryl methyl sites for hydroxylation is 1. The summed E-state index contributed by atoms with van der Waals surface area (Å²) >= 11 is 7.75. The lowest BCUT2D eigenvalue weighted by Crippen LogP contribution is -2.30. The predicted molar refractivity (Wildman–Crippen MR) is 83.4 cm³/mol. The average molecular weight is 311 g/mol. The monoisotopic (exact) mass is 310 g/mol. The Hall–Kier alpha value is -1.07. The lowest BCUT2D eigenvalue weighted by Gasteiger charge is -2.17. The van der Waals surface area contributed by atoms with Gasteiger partial charge in [0.25, 0.3) is 0 Å². The van der Waals surface area contributed by atoms with Crippen LogP contribution in [0.3, 0.4) is 0 Å². The van der Waals surface area contributed by atoms with Crippen LogP contribution in [-0.4, -0.2) is 5.75 Å². The molecule has 20 heavy (non-hydrogen) atoms. The summed E-state index contributed by atoms with van der Waals surface area (Å²) in [6.45, 7) is 2.05. The van der Waals surface area contributed by atoms with E-state index in [2.05, 4.69) is 29.7 Å². The number of rotatable bonds is 5. The molecule has 3 N–H and O–H groups in total. The normalized spacial score (nSPS) is 12.4. The fourth-order valence-electron chi connectivity index (χ4n) is 1.82. The van der Waals surface area contributed by atoms with Crippen LogP contribution in [0, 0.1) is 12.7 Å². The molecule has 0 saturated carbocycles. The molecule has 106 valence electrons. The first kappa shape index (κ1) is 15.3. The Morgan fingerprint density at radius 1 is 1.25 bits per heavy atom. The Morgan fingerprint density at radius 2 is 1.95 bits per heavy atom. The molecule has 2 nitrogen and oxygen atoms in total. The Balaban J connectivity index is 2.09. The van der Waals surface area contributed by atoms with E-state index in [1.807, 2.05) is 6.92 Å². The molecular formula is C15H16ClFN2S. The Bertz CT molecular complexity index is 575. The number of benzene rings is 2. The molecule has 0 spiro atoms. The Kier molecular flexibility index (Phi) is 5.43. The lowest BCUT2D eigenvalue weighted by atomic mass is 10.1. The van der Waals surface area contributed by atoms with Crippen LogP contribution in [0.4, 0.5) is 4.39 Å². The number of hydrogen-bond donors (Lipinski definition) is 2. The lowest BCUT2D eigenvalue weighted by molar-refractivity contribution is 0.591. The van der Waals surface area contributed by atoms with Gasteiger partial charge in [0.2, 0.25) is 0 Å². The highest BCUT2D eigenvalue weighted by Gasteiger charge is 2.14. The standard InChI is InChI=1S/C15H16ClFN2S/c1-10-2-5-12(6-3-10)20-9-15(19-18)13-8-11(17)4-7-14(13)16/h2-8,15,19H,9,18H2,1H3. The first-order valence-corrected chi connectivity index (χ1v) is 7.57. The van der Waals surface area contributed by atoms with Crippen LogP contribution >= 0.6 is 23.4 Å². The van der Waals surface area contributed by atoms with E-state index >= 15 is 0 Å². The van der Waals surface area contributed by atoms with Gasteiger partial charge in [-0.05, 0) is 42.8 Å². The highest BCUT2D eigenvalue weighted by atomic mass is 35.5. The van der Waals surface area contributed by atoms with Gasteiger partial charge in [0.15, 0.2) is 0 Å². The summed E-state index contributed by atoms with van der Waals surface area (Å²) in [5.41, 5.74) is 4.59. The topological polar surface area (TPSA) is 38.0 Å². The van der Waals surface area contributed by atoms with Gasteiger partial charge in [0.05, 0.1) is 6.04 Å². The number of hydrazine groups is 1. The van der Waals surface area contributed by atoms with E-state index in [0.717, 1.165) is 4.90 Å². The van der Waals surface area contributed by atoms with E-state index in [1.165, 1.54) is 17.7 Å². The fourth-order valence-corrected chi connectivity index (χ4v) is 3.04. The summed E-state index contributed by atoms with van der Waals surface area (Å²) in [5.74, 6) is 5.92. The molecule has 0 amide bonds. The van der Waals surface area contributed by atoms with Crippen molar-refractivity contribution in [1.29, 1.82) is 0 Å². The van der Waals surface area contributed by atoms with E-state index in [4.69, 9.17) is 17.4 Å². The summed E-state index contributed by atoms with van der Waals surface area (Å²) in [6.07, 6.45) is 0. The largest absolute Gasteiger partial charge is 0.271 e. The van der Waals surface area contributed by atoms with Gasteiger partial charge in [-0.3, -0.25) is 11.3 Å². The molecule has 5 heteroatoms. The molecule has 1 unspecified atom stereocenters. The second-order valence-corrected chi connectivity index (χ2v) is 6.01. The molecule has 0 aliphatic carbocycles. The van der Waals surface area contributed by atoms with E-state index < -0.39 is 0 Å². The molecule has 0 heterocycles. The van der Waals surface area contributed by atoms with Gasteiger partial charge in [0, 0.05) is 15.7 Å². The molecule has 0 aromatic heterocycles. The van der Waals surface area contributed by atoms with Crippen LogP contribution in [0.25, 0.3) is 0 Å². The first-order valence-electron chi connectivity index (χ1n) is 6.20. The summed E-state index contributed by atoms with van der Waals surface area (Å²) in [4.78, 5) is 1.14. The molecule has 2 aromatic rings. The van der Waals surface area contributed by atoms with E-state index in [1.54, 1.807) is 17.8 Å². The van der Waals surface area contributed by atoms with Crippen molar-refractivity contribution >= 4 is 23.4 Å². The first-order chi connectivity index (χ1) is 9.60. The molecule has 0 bridgehead atoms. The van der Waals surface area contributed by atoms with Gasteiger partial charge < -0.3 is 0 Å². The number of halogens is 2. The molecule has 0 radical (unpaired) electrons. The summed E-state index contributed by atoms with van der Waals surface area (Å²) in [5, 5.41) is 0.513. The summed E-state index contributed by atoms with van der Waals surface area (Å²) in [7, 11) is 0. The highest BCUT2D eigenvalue weighted by molar-refractivity contribution is 7.99. The molecule has 0 aliphatic heterocycles. The molecule has 1 atom stereocenters. The zero-order valence-corrected chi connectivity index (χ0v) is 12.6. The van der Waals surface area contributed by atoms with Crippen molar-refractivity contribution in [3.63, 3.8) is 0 Å². The summed E-state index contributed by atoms with van der Waals surface area (Å²) < 4.78 is 13.3. The van der Waals surface area contributed by atoms with Crippen molar-refractivity contribution in [1.82, 2.24) is 5.43 Å². The third-order valence-electron chi connectivity index (χ3n) is 2.97. The van der Waals surface area contributed by atoms with Crippen molar-refractivity contribution in [2.24, 2.45) is 5.84 Å². The molecule has 2 aromatic carbocycles. The molecular weight excluding hydrogens is 295 g/mol. The maximum atomic E-state index is 13.3. The minimum Gasteiger partial charge on any atom is -0.271 e. The van der Waals surface area contributed by atoms with E-state index in [-0.39, 0.29) is 11.9 Å². The maximum absolute atomic E-state index is 13.3. The predicted octanol–water partition coefficient (Wildman–Crippen LogP) is 4.08. The second kappa shape index (κ2) is 7.09.